The van der Waals surface area contributed by atoms with Crippen LogP contribution in [-0.4, -0.2) is 6.03 Å². The molecule has 4 rings (SSSR count). The summed E-state index contributed by atoms with van der Waals surface area (Å²) in [6.45, 7) is 6.43. The number of rotatable bonds is 2. The number of benzene rings is 1. The Morgan fingerprint density at radius 3 is 2.76 bits per heavy atom. The van der Waals surface area contributed by atoms with Gasteiger partial charge in [-0.25, -0.2) is 4.79 Å². The van der Waals surface area contributed by atoms with Crippen LogP contribution in [-0.2, 0) is 12.8 Å². The van der Waals surface area contributed by atoms with Crippen LogP contribution in [0.3, 0.4) is 0 Å². The summed E-state index contributed by atoms with van der Waals surface area (Å²) in [6.07, 6.45) is 3.85. The number of fused-ring (bicyclic) bond motifs is 2. The Labute approximate surface area is 149 Å². The molecule has 0 fully saturated rings. The Balaban J connectivity index is 1.48. The maximum Gasteiger partial charge on any atom is 0.315 e. The van der Waals surface area contributed by atoms with E-state index < -0.39 is 0 Å². The second-order valence-corrected chi connectivity index (χ2v) is 8.24. The fourth-order valence-electron chi connectivity index (χ4n) is 4.38. The molecule has 0 saturated heterocycles. The van der Waals surface area contributed by atoms with Gasteiger partial charge in [-0.15, -0.1) is 0 Å². The zero-order valence-electron chi connectivity index (χ0n) is 15.2. The highest BCUT2D eigenvalue weighted by molar-refractivity contribution is 5.75. The molecule has 2 aliphatic carbocycles. The number of hydrogen-bond donors (Lipinski definition) is 2. The Kier molecular flexibility index (Phi) is 3.86. The lowest BCUT2D eigenvalue weighted by Crippen LogP contribution is -2.42. The van der Waals surface area contributed by atoms with E-state index in [9.17, 15) is 4.79 Å². The Morgan fingerprint density at radius 1 is 1.16 bits per heavy atom. The summed E-state index contributed by atoms with van der Waals surface area (Å²) >= 11 is 0. The normalized spacial score (nSPS) is 23.6. The zero-order valence-corrected chi connectivity index (χ0v) is 15.2. The first-order valence-electron chi connectivity index (χ1n) is 9.15. The van der Waals surface area contributed by atoms with E-state index in [1.54, 1.807) is 0 Å². The average molecular weight is 338 g/mol. The van der Waals surface area contributed by atoms with Crippen LogP contribution < -0.4 is 10.6 Å². The van der Waals surface area contributed by atoms with E-state index in [4.69, 9.17) is 4.42 Å². The summed E-state index contributed by atoms with van der Waals surface area (Å²) in [5, 5.41) is 6.36. The van der Waals surface area contributed by atoms with Crippen LogP contribution in [0.5, 0.6) is 0 Å². The van der Waals surface area contributed by atoms with Crippen LogP contribution in [0.25, 0.3) is 0 Å². The summed E-state index contributed by atoms with van der Waals surface area (Å²) in [5.41, 5.74) is 3.86. The van der Waals surface area contributed by atoms with Crippen LogP contribution in [0, 0.1) is 12.3 Å². The molecule has 0 spiro atoms. The van der Waals surface area contributed by atoms with Gasteiger partial charge in [-0.2, -0.15) is 0 Å². The molecule has 1 aromatic heterocycles. The van der Waals surface area contributed by atoms with Crippen LogP contribution in [0.1, 0.15) is 67.0 Å². The standard InChI is InChI=1S/C21H26N2O2/c1-13-10-16-18(11-21(2,3)12-19(16)25-13)23-20(24)22-17-9-8-14-6-4-5-7-15(14)17/h4-7,10,17-18H,8-9,11-12H2,1-3H3,(H2,22,23,24)/t17-,18+/m1/s1. The Bertz CT molecular complexity index is 806. The molecule has 2 amide bonds. The minimum Gasteiger partial charge on any atom is -0.466 e. The van der Waals surface area contributed by atoms with Crippen molar-refractivity contribution in [3.63, 3.8) is 0 Å². The average Bonchev–Trinajstić information content (AvgIpc) is 3.10. The van der Waals surface area contributed by atoms with E-state index in [1.807, 2.05) is 13.0 Å². The van der Waals surface area contributed by atoms with Gasteiger partial charge in [0.2, 0.25) is 0 Å². The second-order valence-electron chi connectivity index (χ2n) is 8.24. The second kappa shape index (κ2) is 5.94. The lowest BCUT2D eigenvalue weighted by atomic mass is 9.75. The van der Waals surface area contributed by atoms with Crippen molar-refractivity contribution in [3.05, 3.63) is 58.5 Å². The lowest BCUT2D eigenvalue weighted by Gasteiger charge is -2.34. The molecule has 0 radical (unpaired) electrons. The number of furan rings is 1. The van der Waals surface area contributed by atoms with E-state index >= 15 is 0 Å². The lowest BCUT2D eigenvalue weighted by molar-refractivity contribution is 0.212. The Hall–Kier alpha value is -2.23. The highest BCUT2D eigenvalue weighted by Crippen LogP contribution is 2.42. The van der Waals surface area contributed by atoms with Crippen molar-refractivity contribution in [1.82, 2.24) is 10.6 Å². The van der Waals surface area contributed by atoms with Gasteiger partial charge in [-0.3, -0.25) is 0 Å². The van der Waals surface area contributed by atoms with E-state index in [0.717, 1.165) is 42.8 Å². The molecule has 2 N–H and O–H groups in total. The quantitative estimate of drug-likeness (QED) is 0.841. The van der Waals surface area contributed by atoms with Gasteiger partial charge in [0.25, 0.3) is 0 Å². The van der Waals surface area contributed by atoms with Gasteiger partial charge < -0.3 is 15.1 Å². The molecule has 1 aromatic carbocycles. The summed E-state index contributed by atoms with van der Waals surface area (Å²) in [7, 11) is 0. The van der Waals surface area contributed by atoms with E-state index in [0.29, 0.717) is 0 Å². The monoisotopic (exact) mass is 338 g/mol. The van der Waals surface area contributed by atoms with Gasteiger partial charge in [-0.1, -0.05) is 38.1 Å². The van der Waals surface area contributed by atoms with Crippen molar-refractivity contribution in [1.29, 1.82) is 0 Å². The highest BCUT2D eigenvalue weighted by Gasteiger charge is 2.36. The van der Waals surface area contributed by atoms with Crippen LogP contribution in [0.2, 0.25) is 0 Å². The number of aryl methyl sites for hydroxylation is 2. The minimum atomic E-state index is -0.0887. The Morgan fingerprint density at radius 2 is 1.92 bits per heavy atom. The highest BCUT2D eigenvalue weighted by atomic mass is 16.3. The number of carbonyl (C=O) groups excluding carboxylic acids is 1. The third kappa shape index (κ3) is 3.17. The zero-order chi connectivity index (χ0) is 17.6. The minimum absolute atomic E-state index is 0.00727. The van der Waals surface area contributed by atoms with Gasteiger partial charge in [0.1, 0.15) is 11.5 Å². The largest absolute Gasteiger partial charge is 0.466 e. The summed E-state index contributed by atoms with van der Waals surface area (Å²) in [5.74, 6) is 1.94. The molecule has 0 bridgehead atoms. The van der Waals surface area contributed by atoms with Crippen molar-refractivity contribution >= 4 is 6.03 Å². The summed E-state index contributed by atoms with van der Waals surface area (Å²) < 4.78 is 5.86. The van der Waals surface area contributed by atoms with Crippen molar-refractivity contribution in [3.8, 4) is 0 Å². The molecule has 4 heteroatoms. The number of nitrogens with one attached hydrogen (secondary N) is 2. The van der Waals surface area contributed by atoms with Gasteiger partial charge in [0, 0.05) is 12.0 Å². The van der Waals surface area contributed by atoms with Gasteiger partial charge in [-0.05, 0) is 48.8 Å². The van der Waals surface area contributed by atoms with E-state index in [-0.39, 0.29) is 23.5 Å². The molecule has 4 nitrogen and oxygen atoms in total. The van der Waals surface area contributed by atoms with Crippen molar-refractivity contribution in [2.75, 3.05) is 0 Å². The predicted octanol–water partition coefficient (Wildman–Crippen LogP) is 4.59. The maximum absolute atomic E-state index is 12.7. The first kappa shape index (κ1) is 16.2. The number of carbonyl (C=O) groups is 1. The van der Waals surface area contributed by atoms with Crippen molar-refractivity contribution in [2.45, 2.75) is 58.5 Å². The molecule has 2 atom stereocenters. The number of urea groups is 1. The van der Waals surface area contributed by atoms with Crippen molar-refractivity contribution < 1.29 is 9.21 Å². The molecule has 0 aliphatic heterocycles. The van der Waals surface area contributed by atoms with Crippen LogP contribution >= 0.6 is 0 Å². The third-order valence-electron chi connectivity index (χ3n) is 5.48. The molecule has 0 unspecified atom stereocenters. The SMILES string of the molecule is Cc1cc2c(o1)CC(C)(C)C[C@@H]2NC(=O)N[C@@H]1CCc2ccccc21. The molecule has 132 valence electrons. The smallest absolute Gasteiger partial charge is 0.315 e. The van der Waals surface area contributed by atoms with Gasteiger partial charge >= 0.3 is 6.03 Å². The summed E-state index contributed by atoms with van der Waals surface area (Å²) in [6, 6.07) is 10.5. The first-order valence-corrected chi connectivity index (χ1v) is 9.15. The third-order valence-corrected chi connectivity index (χ3v) is 5.48. The first-order chi connectivity index (χ1) is 11.9. The van der Waals surface area contributed by atoms with Gasteiger partial charge in [0.15, 0.2) is 0 Å². The molecular weight excluding hydrogens is 312 g/mol. The van der Waals surface area contributed by atoms with E-state index in [2.05, 4.69) is 48.7 Å². The maximum atomic E-state index is 12.7. The van der Waals surface area contributed by atoms with E-state index in [1.165, 1.54) is 11.1 Å². The van der Waals surface area contributed by atoms with Gasteiger partial charge in [0.05, 0.1) is 12.1 Å². The molecule has 1 heterocycles. The van der Waals surface area contributed by atoms with Crippen LogP contribution in [0.15, 0.2) is 34.7 Å². The summed E-state index contributed by atoms with van der Waals surface area (Å²) in [4.78, 5) is 12.7. The molecule has 2 aliphatic rings. The topological polar surface area (TPSA) is 54.3 Å². The fraction of sp³-hybridized carbons (Fsp3) is 0.476. The number of amides is 2. The van der Waals surface area contributed by atoms with Crippen molar-refractivity contribution in [2.24, 2.45) is 5.41 Å². The molecule has 0 saturated carbocycles. The molecule has 25 heavy (non-hydrogen) atoms. The fourth-order valence-corrected chi connectivity index (χ4v) is 4.38. The number of hydrogen-bond acceptors (Lipinski definition) is 2. The predicted molar refractivity (Wildman–Crippen MR) is 97.5 cm³/mol. The molecule has 2 aromatic rings. The molecular formula is C21H26N2O2. The van der Waals surface area contributed by atoms with Crippen LogP contribution in [0.4, 0.5) is 4.79 Å².